The number of rotatable bonds is 6. The number of aliphatic hydroxyl groups is 1. The van der Waals surface area contributed by atoms with E-state index in [1.807, 2.05) is 48.5 Å². The molecule has 140 valence electrons. The Balaban J connectivity index is 1.99. The van der Waals surface area contributed by atoms with Crippen molar-refractivity contribution in [2.75, 3.05) is 0 Å². The van der Waals surface area contributed by atoms with Gasteiger partial charge in [0, 0.05) is 0 Å². The lowest BCUT2D eigenvalue weighted by molar-refractivity contribution is 0.0470. The molecule has 1 heterocycles. The Labute approximate surface area is 157 Å². The molecule has 27 heavy (non-hydrogen) atoms. The third kappa shape index (κ3) is 4.01. The summed E-state index contributed by atoms with van der Waals surface area (Å²) in [5, 5.41) is 9.84. The summed E-state index contributed by atoms with van der Waals surface area (Å²) in [5.74, 6) is -0.671. The number of carbonyl (C=O) groups is 1. The molecule has 0 saturated carbocycles. The summed E-state index contributed by atoms with van der Waals surface area (Å²) in [4.78, 5) is 25.6. The van der Waals surface area contributed by atoms with Crippen LogP contribution in [0.5, 0.6) is 0 Å². The minimum absolute atomic E-state index is 0.0181. The SMILES string of the molecule is Cc1c(C(=O)OCc2ccccc2)c(=O)n(-c2ccccc2)n1C[C@@H](C)O. The molecule has 0 amide bonds. The molecule has 0 bridgehead atoms. The van der Waals surface area contributed by atoms with E-state index in [1.165, 1.54) is 4.68 Å². The second kappa shape index (κ2) is 8.05. The highest BCUT2D eigenvalue weighted by atomic mass is 16.5. The number of aromatic nitrogens is 2. The number of hydrogen-bond acceptors (Lipinski definition) is 4. The molecular weight excluding hydrogens is 344 g/mol. The molecule has 0 aliphatic carbocycles. The summed E-state index contributed by atoms with van der Waals surface area (Å²) >= 11 is 0. The summed E-state index contributed by atoms with van der Waals surface area (Å²) in [6.45, 7) is 3.59. The maximum Gasteiger partial charge on any atom is 0.346 e. The van der Waals surface area contributed by atoms with Crippen LogP contribution < -0.4 is 5.56 Å². The fourth-order valence-corrected chi connectivity index (χ4v) is 2.97. The van der Waals surface area contributed by atoms with Gasteiger partial charge >= 0.3 is 5.97 Å². The van der Waals surface area contributed by atoms with Crippen LogP contribution in [0, 0.1) is 6.92 Å². The lowest BCUT2D eigenvalue weighted by Crippen LogP contribution is -2.26. The standard InChI is InChI=1S/C21H22N2O4/c1-15(24)13-22-16(2)19(20(25)23(22)18-11-7-4-8-12-18)21(26)27-14-17-9-5-3-6-10-17/h3-12,15,24H,13-14H2,1-2H3/t15-/m1/s1. The Hall–Kier alpha value is -3.12. The molecule has 3 rings (SSSR count). The number of para-hydroxylation sites is 1. The van der Waals surface area contributed by atoms with E-state index in [-0.39, 0.29) is 18.7 Å². The second-order valence-corrected chi connectivity index (χ2v) is 6.41. The van der Waals surface area contributed by atoms with Gasteiger partial charge in [0.25, 0.3) is 5.56 Å². The monoisotopic (exact) mass is 366 g/mol. The van der Waals surface area contributed by atoms with E-state index in [0.717, 1.165) is 5.56 Å². The van der Waals surface area contributed by atoms with Crippen LogP contribution in [0.25, 0.3) is 5.69 Å². The van der Waals surface area contributed by atoms with Crippen LogP contribution in [0.4, 0.5) is 0 Å². The number of ether oxygens (including phenoxy) is 1. The summed E-state index contributed by atoms with van der Waals surface area (Å²) < 4.78 is 8.37. The first-order valence-corrected chi connectivity index (χ1v) is 8.76. The smallest absolute Gasteiger partial charge is 0.346 e. The lowest BCUT2D eigenvalue weighted by atomic mass is 10.2. The number of aliphatic hydroxyl groups excluding tert-OH is 1. The van der Waals surface area contributed by atoms with Crippen molar-refractivity contribution in [1.29, 1.82) is 0 Å². The van der Waals surface area contributed by atoms with Gasteiger partial charge in [0.1, 0.15) is 12.2 Å². The third-order valence-electron chi connectivity index (χ3n) is 4.25. The average molecular weight is 366 g/mol. The number of carbonyl (C=O) groups excluding carboxylic acids is 1. The van der Waals surface area contributed by atoms with Crippen LogP contribution in [0.2, 0.25) is 0 Å². The van der Waals surface area contributed by atoms with E-state index in [2.05, 4.69) is 0 Å². The molecule has 0 fully saturated rings. The van der Waals surface area contributed by atoms with Gasteiger partial charge in [0.15, 0.2) is 0 Å². The second-order valence-electron chi connectivity index (χ2n) is 6.41. The maximum absolute atomic E-state index is 13.0. The van der Waals surface area contributed by atoms with Crippen LogP contribution in [0.15, 0.2) is 65.5 Å². The molecule has 6 heteroatoms. The highest BCUT2D eigenvalue weighted by Gasteiger charge is 2.25. The molecule has 0 aliphatic rings. The molecule has 0 saturated heterocycles. The van der Waals surface area contributed by atoms with Gasteiger partial charge in [0.2, 0.25) is 0 Å². The zero-order chi connectivity index (χ0) is 19.4. The predicted molar refractivity (Wildman–Crippen MR) is 102 cm³/mol. The van der Waals surface area contributed by atoms with E-state index < -0.39 is 17.6 Å². The minimum Gasteiger partial charge on any atom is -0.457 e. The Morgan fingerprint density at radius 1 is 1.07 bits per heavy atom. The first kappa shape index (κ1) is 18.7. The molecule has 1 atom stereocenters. The Bertz CT molecular complexity index is 973. The van der Waals surface area contributed by atoms with E-state index in [1.54, 1.807) is 30.7 Å². The molecule has 2 aromatic carbocycles. The molecular formula is C21H22N2O4. The van der Waals surface area contributed by atoms with Gasteiger partial charge in [-0.3, -0.25) is 9.48 Å². The molecule has 1 N–H and O–H groups in total. The summed E-state index contributed by atoms with van der Waals surface area (Å²) in [5.41, 5.74) is 1.44. The highest BCUT2D eigenvalue weighted by Crippen LogP contribution is 2.14. The van der Waals surface area contributed by atoms with E-state index >= 15 is 0 Å². The molecule has 0 unspecified atom stereocenters. The number of benzene rings is 2. The predicted octanol–water partition coefficient (Wildman–Crippen LogP) is 2.69. The van der Waals surface area contributed by atoms with Gasteiger partial charge < -0.3 is 9.84 Å². The van der Waals surface area contributed by atoms with Gasteiger partial charge in [-0.2, -0.15) is 0 Å². The van der Waals surface area contributed by atoms with E-state index in [0.29, 0.717) is 11.4 Å². The van der Waals surface area contributed by atoms with Crippen molar-refractivity contribution < 1.29 is 14.6 Å². The number of esters is 1. The fraction of sp³-hybridized carbons (Fsp3) is 0.238. The largest absolute Gasteiger partial charge is 0.457 e. The Kier molecular flexibility index (Phi) is 5.57. The van der Waals surface area contributed by atoms with Crippen LogP contribution in [-0.4, -0.2) is 26.5 Å². The lowest BCUT2D eigenvalue weighted by Gasteiger charge is -2.15. The first-order chi connectivity index (χ1) is 13.0. The maximum atomic E-state index is 13.0. The van der Waals surface area contributed by atoms with Gasteiger partial charge in [0.05, 0.1) is 24.0 Å². The molecule has 6 nitrogen and oxygen atoms in total. The molecule has 0 radical (unpaired) electrons. The topological polar surface area (TPSA) is 73.5 Å². The number of nitrogens with zero attached hydrogens (tertiary/aromatic N) is 2. The third-order valence-corrected chi connectivity index (χ3v) is 4.25. The van der Waals surface area contributed by atoms with Gasteiger partial charge in [-0.25, -0.2) is 9.48 Å². The Morgan fingerprint density at radius 2 is 1.67 bits per heavy atom. The zero-order valence-electron chi connectivity index (χ0n) is 15.3. The minimum atomic E-state index is -0.682. The fourth-order valence-electron chi connectivity index (χ4n) is 2.97. The van der Waals surface area contributed by atoms with Gasteiger partial charge in [-0.15, -0.1) is 0 Å². The van der Waals surface area contributed by atoms with Crippen molar-refractivity contribution in [1.82, 2.24) is 9.36 Å². The van der Waals surface area contributed by atoms with Crippen LogP contribution in [0.3, 0.4) is 0 Å². The van der Waals surface area contributed by atoms with Crippen molar-refractivity contribution in [2.24, 2.45) is 0 Å². The van der Waals surface area contributed by atoms with Gasteiger partial charge in [-0.1, -0.05) is 48.5 Å². The quantitative estimate of drug-likeness (QED) is 0.681. The molecule has 3 aromatic rings. The normalized spacial score (nSPS) is 12.0. The van der Waals surface area contributed by atoms with Crippen molar-refractivity contribution in [2.45, 2.75) is 33.1 Å². The number of hydrogen-bond donors (Lipinski definition) is 1. The average Bonchev–Trinajstić information content (AvgIpc) is 2.91. The van der Waals surface area contributed by atoms with E-state index in [4.69, 9.17) is 4.74 Å². The van der Waals surface area contributed by atoms with Crippen molar-refractivity contribution in [3.63, 3.8) is 0 Å². The molecule has 0 spiro atoms. The first-order valence-electron chi connectivity index (χ1n) is 8.76. The van der Waals surface area contributed by atoms with Crippen LogP contribution in [-0.2, 0) is 17.9 Å². The van der Waals surface area contributed by atoms with Crippen molar-refractivity contribution in [3.05, 3.63) is 87.8 Å². The van der Waals surface area contributed by atoms with Crippen LogP contribution >= 0.6 is 0 Å². The summed E-state index contributed by atoms with van der Waals surface area (Å²) in [6, 6.07) is 18.3. The molecule has 0 aliphatic heterocycles. The zero-order valence-corrected chi connectivity index (χ0v) is 15.3. The summed E-state index contributed by atoms with van der Waals surface area (Å²) in [7, 11) is 0. The van der Waals surface area contributed by atoms with Gasteiger partial charge in [-0.05, 0) is 31.5 Å². The van der Waals surface area contributed by atoms with E-state index in [9.17, 15) is 14.7 Å². The summed E-state index contributed by atoms with van der Waals surface area (Å²) in [6.07, 6.45) is -0.682. The van der Waals surface area contributed by atoms with Crippen molar-refractivity contribution >= 4 is 5.97 Å². The molecule has 1 aromatic heterocycles. The van der Waals surface area contributed by atoms with Crippen LogP contribution in [0.1, 0.15) is 28.5 Å². The van der Waals surface area contributed by atoms with Crippen molar-refractivity contribution in [3.8, 4) is 5.69 Å². The Morgan fingerprint density at radius 3 is 2.26 bits per heavy atom. The highest BCUT2D eigenvalue weighted by molar-refractivity contribution is 5.90.